The lowest BCUT2D eigenvalue weighted by molar-refractivity contribution is -0.148. The van der Waals surface area contributed by atoms with Crippen molar-refractivity contribution in [3.8, 4) is 0 Å². The number of amides is 1. The Bertz CT molecular complexity index is 522. The number of fused-ring (bicyclic) bond motifs is 1. The van der Waals surface area contributed by atoms with Crippen LogP contribution in [-0.2, 0) is 25.5 Å². The van der Waals surface area contributed by atoms with Crippen LogP contribution in [0.4, 0.5) is 5.69 Å². The zero-order valence-corrected chi connectivity index (χ0v) is 11.2. The number of aryl methyl sites for hydroxylation is 1. The van der Waals surface area contributed by atoms with Crippen molar-refractivity contribution < 1.29 is 19.1 Å². The number of hydrogen-bond acceptors (Lipinski definition) is 4. The van der Waals surface area contributed by atoms with Crippen LogP contribution in [0.3, 0.4) is 0 Å². The fourth-order valence-corrected chi connectivity index (χ4v) is 2.63. The van der Waals surface area contributed by atoms with Crippen LogP contribution in [0, 0.1) is 0 Å². The lowest BCUT2D eigenvalue weighted by Gasteiger charge is -2.28. The van der Waals surface area contributed by atoms with Gasteiger partial charge in [0.15, 0.2) is 0 Å². The maximum absolute atomic E-state index is 12.0. The average molecular weight is 275 g/mol. The second-order valence-electron chi connectivity index (χ2n) is 5.08. The molecular weight excluding hydrogens is 258 g/mol. The van der Waals surface area contributed by atoms with Crippen molar-refractivity contribution in [1.29, 1.82) is 0 Å². The molecule has 106 valence electrons. The van der Waals surface area contributed by atoms with Crippen LogP contribution in [0.1, 0.15) is 18.4 Å². The van der Waals surface area contributed by atoms with Gasteiger partial charge in [-0.15, -0.1) is 0 Å². The van der Waals surface area contributed by atoms with E-state index in [2.05, 4.69) is 0 Å². The van der Waals surface area contributed by atoms with Gasteiger partial charge in [0.1, 0.15) is 12.6 Å². The third-order valence-corrected chi connectivity index (χ3v) is 3.66. The number of para-hydroxylation sites is 1. The van der Waals surface area contributed by atoms with Crippen LogP contribution in [0.5, 0.6) is 0 Å². The number of anilines is 1. The monoisotopic (exact) mass is 275 g/mol. The predicted octanol–water partition coefficient (Wildman–Crippen LogP) is 1.30. The first-order valence-electron chi connectivity index (χ1n) is 6.89. The van der Waals surface area contributed by atoms with E-state index in [1.54, 1.807) is 0 Å². The highest BCUT2D eigenvalue weighted by Crippen LogP contribution is 2.27. The number of carbonyl (C=O) groups is 2. The Balaban J connectivity index is 1.69. The van der Waals surface area contributed by atoms with Crippen molar-refractivity contribution in [2.75, 3.05) is 24.7 Å². The second-order valence-corrected chi connectivity index (χ2v) is 5.08. The van der Waals surface area contributed by atoms with E-state index < -0.39 is 0 Å². The third-order valence-electron chi connectivity index (χ3n) is 3.66. The van der Waals surface area contributed by atoms with Crippen LogP contribution in [0.25, 0.3) is 0 Å². The number of hydrogen-bond donors (Lipinski definition) is 0. The Hall–Kier alpha value is -1.88. The van der Waals surface area contributed by atoms with Gasteiger partial charge in [0, 0.05) is 18.5 Å². The lowest BCUT2D eigenvalue weighted by Crippen LogP contribution is -2.40. The molecule has 5 heteroatoms. The quantitative estimate of drug-likeness (QED) is 0.780. The van der Waals surface area contributed by atoms with E-state index in [0.717, 1.165) is 24.1 Å². The fourth-order valence-electron chi connectivity index (χ4n) is 2.63. The summed E-state index contributed by atoms with van der Waals surface area (Å²) in [5.74, 6) is -0.395. The molecule has 2 heterocycles. The first-order chi connectivity index (χ1) is 9.74. The third kappa shape index (κ3) is 2.67. The van der Waals surface area contributed by atoms with Gasteiger partial charge in [0.05, 0.1) is 13.2 Å². The van der Waals surface area contributed by atoms with Crippen LogP contribution in [0.2, 0.25) is 0 Å². The molecule has 5 nitrogen and oxygen atoms in total. The van der Waals surface area contributed by atoms with E-state index in [-0.39, 0.29) is 24.5 Å². The van der Waals surface area contributed by atoms with Crippen molar-refractivity contribution in [1.82, 2.24) is 0 Å². The largest absolute Gasteiger partial charge is 0.458 e. The molecule has 1 amide bonds. The number of rotatable bonds is 3. The highest BCUT2D eigenvalue weighted by atomic mass is 16.6. The topological polar surface area (TPSA) is 55.8 Å². The first-order valence-corrected chi connectivity index (χ1v) is 6.89. The molecule has 0 saturated carbocycles. The van der Waals surface area contributed by atoms with Gasteiger partial charge in [-0.3, -0.25) is 9.59 Å². The number of benzene rings is 1. The lowest BCUT2D eigenvalue weighted by atomic mass is 10.0. The molecule has 0 aliphatic carbocycles. The van der Waals surface area contributed by atoms with Crippen molar-refractivity contribution in [3.05, 3.63) is 29.8 Å². The summed E-state index contributed by atoms with van der Waals surface area (Å²) in [6.45, 7) is 1.06. The molecule has 0 spiro atoms. The number of nitrogens with zero attached hydrogens (tertiary/aromatic N) is 1. The van der Waals surface area contributed by atoms with Gasteiger partial charge in [-0.05, 0) is 18.1 Å². The van der Waals surface area contributed by atoms with Crippen LogP contribution >= 0.6 is 0 Å². The Morgan fingerprint density at radius 1 is 1.35 bits per heavy atom. The summed E-state index contributed by atoms with van der Waals surface area (Å²) in [6.07, 6.45) is 1.74. The zero-order valence-electron chi connectivity index (χ0n) is 11.2. The smallest absolute Gasteiger partial charge is 0.326 e. The van der Waals surface area contributed by atoms with Crippen LogP contribution in [0.15, 0.2) is 24.3 Å². The summed E-state index contributed by atoms with van der Waals surface area (Å²) in [6, 6.07) is 7.69. The van der Waals surface area contributed by atoms with Gasteiger partial charge in [-0.1, -0.05) is 18.2 Å². The SMILES string of the molecule is O=C(CN1C(=O)CCc2ccccc21)O[C@H]1CCOC1. The van der Waals surface area contributed by atoms with Gasteiger partial charge in [0.2, 0.25) is 5.91 Å². The number of carbonyl (C=O) groups excluding carboxylic acids is 2. The van der Waals surface area contributed by atoms with E-state index >= 15 is 0 Å². The van der Waals surface area contributed by atoms with Crippen molar-refractivity contribution in [2.24, 2.45) is 0 Å². The van der Waals surface area contributed by atoms with E-state index in [9.17, 15) is 9.59 Å². The van der Waals surface area contributed by atoms with E-state index in [1.807, 2.05) is 24.3 Å². The molecule has 2 aliphatic heterocycles. The molecule has 1 saturated heterocycles. The summed E-state index contributed by atoms with van der Waals surface area (Å²) in [5.41, 5.74) is 1.92. The fraction of sp³-hybridized carbons (Fsp3) is 0.467. The molecule has 2 aliphatic rings. The molecule has 0 unspecified atom stereocenters. The predicted molar refractivity (Wildman–Crippen MR) is 72.4 cm³/mol. The molecule has 1 atom stereocenters. The Morgan fingerprint density at radius 3 is 3.00 bits per heavy atom. The van der Waals surface area contributed by atoms with Gasteiger partial charge >= 0.3 is 5.97 Å². The maximum Gasteiger partial charge on any atom is 0.326 e. The van der Waals surface area contributed by atoms with Gasteiger partial charge in [-0.25, -0.2) is 0 Å². The second kappa shape index (κ2) is 5.63. The molecule has 3 rings (SSSR count). The first kappa shape index (κ1) is 13.1. The van der Waals surface area contributed by atoms with Crippen molar-refractivity contribution in [3.63, 3.8) is 0 Å². The van der Waals surface area contributed by atoms with Crippen molar-refractivity contribution in [2.45, 2.75) is 25.4 Å². The Kier molecular flexibility index (Phi) is 3.69. The van der Waals surface area contributed by atoms with E-state index in [0.29, 0.717) is 19.6 Å². The van der Waals surface area contributed by atoms with Gasteiger partial charge in [-0.2, -0.15) is 0 Å². The molecule has 0 N–H and O–H groups in total. The van der Waals surface area contributed by atoms with Crippen molar-refractivity contribution >= 4 is 17.6 Å². The van der Waals surface area contributed by atoms with Crippen LogP contribution < -0.4 is 4.90 Å². The van der Waals surface area contributed by atoms with Crippen LogP contribution in [-0.4, -0.2) is 37.7 Å². The van der Waals surface area contributed by atoms with Gasteiger partial charge in [0.25, 0.3) is 0 Å². The minimum atomic E-state index is -0.370. The Labute approximate surface area is 117 Å². The molecular formula is C15H17NO4. The summed E-state index contributed by atoms with van der Waals surface area (Å²) in [7, 11) is 0. The van der Waals surface area contributed by atoms with E-state index in [4.69, 9.17) is 9.47 Å². The maximum atomic E-state index is 12.0. The summed E-state index contributed by atoms with van der Waals surface area (Å²) in [4.78, 5) is 25.5. The molecule has 0 radical (unpaired) electrons. The summed E-state index contributed by atoms with van der Waals surface area (Å²) < 4.78 is 10.5. The zero-order chi connectivity index (χ0) is 13.9. The standard InChI is InChI=1S/C15H17NO4/c17-14-6-5-11-3-1-2-4-13(11)16(14)9-15(18)20-12-7-8-19-10-12/h1-4,12H,5-10H2/t12-/m0/s1. The minimum absolute atomic E-state index is 0.0215. The molecule has 1 aromatic carbocycles. The molecule has 0 aromatic heterocycles. The Morgan fingerprint density at radius 2 is 2.20 bits per heavy atom. The highest BCUT2D eigenvalue weighted by Gasteiger charge is 2.27. The molecule has 1 aromatic rings. The molecule has 20 heavy (non-hydrogen) atoms. The molecule has 0 bridgehead atoms. The minimum Gasteiger partial charge on any atom is -0.458 e. The number of ether oxygens (including phenoxy) is 2. The van der Waals surface area contributed by atoms with Gasteiger partial charge < -0.3 is 14.4 Å². The van der Waals surface area contributed by atoms with E-state index in [1.165, 1.54) is 4.90 Å². The normalized spacial score (nSPS) is 21.7. The molecule has 1 fully saturated rings. The highest BCUT2D eigenvalue weighted by molar-refractivity contribution is 6.00. The summed E-state index contributed by atoms with van der Waals surface area (Å²) >= 11 is 0. The summed E-state index contributed by atoms with van der Waals surface area (Å²) in [5, 5.41) is 0. The average Bonchev–Trinajstić information content (AvgIpc) is 2.95. The number of esters is 1.